The van der Waals surface area contributed by atoms with Crippen LogP contribution in [0, 0.1) is 0 Å². The normalized spacial score (nSPS) is 33.4. The Bertz CT molecular complexity index is 1500. The molecule has 10 atom stereocenters. The molecule has 0 bridgehead atoms. The Kier molecular flexibility index (Phi) is 8.10. The van der Waals surface area contributed by atoms with Gasteiger partial charge in [-0.05, 0) is 31.2 Å². The average molecular weight is 593 g/mol. The minimum Gasteiger partial charge on any atom is -0.508 e. The highest BCUT2D eigenvalue weighted by molar-refractivity contribution is 5.86. The Morgan fingerprint density at radius 3 is 2.19 bits per heavy atom. The topological polar surface area (TPSA) is 246 Å². The third kappa shape index (κ3) is 5.51. The summed E-state index contributed by atoms with van der Waals surface area (Å²) in [5, 5.41) is 81.1. The summed E-state index contributed by atoms with van der Waals surface area (Å²) in [4.78, 5) is 24.5. The lowest BCUT2D eigenvalue weighted by Gasteiger charge is -2.45. The van der Waals surface area contributed by atoms with Gasteiger partial charge in [0.15, 0.2) is 23.9 Å². The number of aliphatic hydroxyl groups is 5. The lowest BCUT2D eigenvalue weighted by atomic mass is 9.97. The van der Waals surface area contributed by atoms with Crippen LogP contribution in [0.5, 0.6) is 17.2 Å². The Morgan fingerprint density at radius 2 is 1.52 bits per heavy atom. The number of phenols is 2. The molecule has 2 saturated heterocycles. The number of aromatic hydroxyl groups is 2. The number of carboxylic acid groups (broad SMARTS) is 1. The average Bonchev–Trinajstić information content (AvgIpc) is 2.93. The molecule has 0 aliphatic carbocycles. The molecule has 0 radical (unpaired) electrons. The lowest BCUT2D eigenvalue weighted by molar-refractivity contribution is -0.351. The van der Waals surface area contributed by atoms with Crippen LogP contribution in [0.3, 0.4) is 0 Å². The van der Waals surface area contributed by atoms with Crippen molar-refractivity contribution in [3.63, 3.8) is 0 Å². The molecule has 0 unspecified atom stereocenters. The molecular formula is C27H28O15. The number of aliphatic hydroxyl groups excluding tert-OH is 5. The molecule has 15 nitrogen and oxygen atoms in total. The van der Waals surface area contributed by atoms with Crippen LogP contribution in [0.25, 0.3) is 22.3 Å². The van der Waals surface area contributed by atoms with Gasteiger partial charge in [-0.1, -0.05) is 0 Å². The smallest absolute Gasteiger partial charge is 0.335 e. The van der Waals surface area contributed by atoms with Gasteiger partial charge in [0.1, 0.15) is 64.5 Å². The van der Waals surface area contributed by atoms with Crippen LogP contribution in [-0.4, -0.2) is 108 Å². The van der Waals surface area contributed by atoms with Gasteiger partial charge in [0, 0.05) is 23.8 Å². The summed E-state index contributed by atoms with van der Waals surface area (Å²) >= 11 is 0. The SMILES string of the molecule is C[C@@H]1O[C@@H](O[C@H]2[C@H](Oc3cc(O)c4c(=O)cc(-c5ccc(O)cc5)oc4c3)O[C@H](C(=O)O)[C@H](O)[C@@H]2O)[C@H](O)[C@@H](O)[C@H]1O. The summed E-state index contributed by atoms with van der Waals surface area (Å²) in [6, 6.07) is 9.07. The fourth-order valence-corrected chi connectivity index (χ4v) is 4.77. The molecule has 3 aromatic rings. The van der Waals surface area contributed by atoms with Crippen LogP contribution in [0.15, 0.2) is 51.7 Å². The van der Waals surface area contributed by atoms with Gasteiger partial charge < -0.3 is 64.2 Å². The van der Waals surface area contributed by atoms with E-state index in [-0.39, 0.29) is 28.2 Å². The van der Waals surface area contributed by atoms with Crippen LogP contribution < -0.4 is 10.2 Å². The summed E-state index contributed by atoms with van der Waals surface area (Å²) in [5.74, 6) is -2.40. The maximum absolute atomic E-state index is 12.8. The third-order valence-electron chi connectivity index (χ3n) is 7.08. The van der Waals surface area contributed by atoms with Gasteiger partial charge in [-0.15, -0.1) is 0 Å². The van der Waals surface area contributed by atoms with Crippen LogP contribution >= 0.6 is 0 Å². The van der Waals surface area contributed by atoms with Gasteiger partial charge in [-0.3, -0.25) is 4.79 Å². The van der Waals surface area contributed by atoms with Crippen molar-refractivity contribution in [1.82, 2.24) is 0 Å². The Hall–Kier alpha value is -3.80. The molecule has 0 spiro atoms. The first-order valence-electron chi connectivity index (χ1n) is 12.7. The van der Waals surface area contributed by atoms with E-state index in [1.165, 1.54) is 37.3 Å². The van der Waals surface area contributed by atoms with E-state index in [1.807, 2.05) is 0 Å². The standard InChI is InChI=1S/C27H28O15/c1-9-18(31)19(32)22(35)26(38-9)42-24-21(34)20(33)23(25(36)37)41-27(24)39-12-6-13(29)17-14(30)8-15(40-16(17)7-12)10-2-4-11(28)5-3-10/h2-9,18-24,26-29,31-35H,1H3,(H,36,37)/t9-,18-,19-,20+,21-,22+,23-,24+,26-,27+/m0/s1. The number of hydrogen-bond acceptors (Lipinski definition) is 14. The summed E-state index contributed by atoms with van der Waals surface area (Å²) in [5.41, 5.74) is -0.335. The molecule has 42 heavy (non-hydrogen) atoms. The summed E-state index contributed by atoms with van der Waals surface area (Å²) < 4.78 is 27.9. The molecule has 0 amide bonds. The second-order valence-corrected chi connectivity index (χ2v) is 9.98. The largest absolute Gasteiger partial charge is 0.508 e. The Morgan fingerprint density at radius 1 is 0.833 bits per heavy atom. The fraction of sp³-hybridized carbons (Fsp3) is 0.407. The predicted molar refractivity (Wildman–Crippen MR) is 137 cm³/mol. The fourth-order valence-electron chi connectivity index (χ4n) is 4.77. The highest BCUT2D eigenvalue weighted by Gasteiger charge is 2.52. The third-order valence-corrected chi connectivity index (χ3v) is 7.08. The van der Waals surface area contributed by atoms with E-state index in [2.05, 4.69) is 0 Å². The minimum absolute atomic E-state index is 0.0160. The second-order valence-electron chi connectivity index (χ2n) is 9.98. The number of carbonyl (C=O) groups is 1. The zero-order chi connectivity index (χ0) is 30.5. The zero-order valence-corrected chi connectivity index (χ0v) is 21.8. The molecule has 2 fully saturated rings. The van der Waals surface area contributed by atoms with Crippen molar-refractivity contribution in [3.05, 3.63) is 52.7 Å². The molecule has 226 valence electrons. The summed E-state index contributed by atoms with van der Waals surface area (Å²) in [6.07, 6.45) is -17.3. The first-order valence-corrected chi connectivity index (χ1v) is 12.7. The van der Waals surface area contributed by atoms with Crippen LogP contribution in [-0.2, 0) is 19.0 Å². The monoisotopic (exact) mass is 592 g/mol. The van der Waals surface area contributed by atoms with Crippen LogP contribution in [0.1, 0.15) is 6.92 Å². The van der Waals surface area contributed by atoms with E-state index in [0.717, 1.165) is 12.1 Å². The first kappa shape index (κ1) is 29.7. The van der Waals surface area contributed by atoms with Crippen molar-refractivity contribution in [3.8, 4) is 28.6 Å². The first-order chi connectivity index (χ1) is 19.8. The zero-order valence-electron chi connectivity index (χ0n) is 21.8. The molecule has 1 aromatic heterocycles. The van der Waals surface area contributed by atoms with E-state index in [9.17, 15) is 50.4 Å². The van der Waals surface area contributed by atoms with E-state index in [1.54, 1.807) is 0 Å². The van der Waals surface area contributed by atoms with Crippen molar-refractivity contribution in [2.24, 2.45) is 0 Å². The van der Waals surface area contributed by atoms with Gasteiger partial charge in [-0.25, -0.2) is 4.79 Å². The van der Waals surface area contributed by atoms with Crippen molar-refractivity contribution in [1.29, 1.82) is 0 Å². The number of ether oxygens (including phenoxy) is 4. The van der Waals surface area contributed by atoms with E-state index < -0.39 is 78.6 Å². The van der Waals surface area contributed by atoms with Gasteiger partial charge >= 0.3 is 5.97 Å². The summed E-state index contributed by atoms with van der Waals surface area (Å²) in [6.45, 7) is 1.38. The maximum Gasteiger partial charge on any atom is 0.335 e. The van der Waals surface area contributed by atoms with Crippen molar-refractivity contribution >= 4 is 16.9 Å². The second kappa shape index (κ2) is 11.5. The quantitative estimate of drug-likeness (QED) is 0.171. The highest BCUT2D eigenvalue weighted by atomic mass is 16.8. The number of benzene rings is 2. The molecule has 2 aromatic carbocycles. The molecule has 0 saturated carbocycles. The summed E-state index contributed by atoms with van der Waals surface area (Å²) in [7, 11) is 0. The van der Waals surface area contributed by atoms with Gasteiger partial charge in [0.2, 0.25) is 6.29 Å². The number of fused-ring (bicyclic) bond motifs is 1. The molecule has 2 aliphatic rings. The van der Waals surface area contributed by atoms with Crippen molar-refractivity contribution < 1.29 is 69.0 Å². The number of phenolic OH excluding ortho intramolecular Hbond substituents is 2. The van der Waals surface area contributed by atoms with Gasteiger partial charge in [-0.2, -0.15) is 0 Å². The van der Waals surface area contributed by atoms with Crippen LogP contribution in [0.2, 0.25) is 0 Å². The molecule has 3 heterocycles. The van der Waals surface area contributed by atoms with E-state index in [4.69, 9.17) is 23.4 Å². The van der Waals surface area contributed by atoms with E-state index >= 15 is 0 Å². The predicted octanol–water partition coefficient (Wildman–Crippen LogP) is -1.01. The lowest BCUT2D eigenvalue weighted by Crippen LogP contribution is -2.65. The Labute approximate surface area is 235 Å². The molecule has 2 aliphatic heterocycles. The van der Waals surface area contributed by atoms with E-state index in [0.29, 0.717) is 5.56 Å². The number of hydrogen-bond donors (Lipinski definition) is 8. The van der Waals surface area contributed by atoms with Crippen molar-refractivity contribution in [2.45, 2.75) is 68.3 Å². The molecule has 5 rings (SSSR count). The Balaban J connectivity index is 1.49. The number of aliphatic carboxylic acids is 1. The van der Waals surface area contributed by atoms with Crippen LogP contribution in [0.4, 0.5) is 0 Å². The number of rotatable bonds is 6. The van der Waals surface area contributed by atoms with Gasteiger partial charge in [0.05, 0.1) is 6.10 Å². The molecule has 8 N–H and O–H groups in total. The highest BCUT2D eigenvalue weighted by Crippen LogP contribution is 2.35. The van der Waals surface area contributed by atoms with Gasteiger partial charge in [0.25, 0.3) is 0 Å². The minimum atomic E-state index is -2.03. The maximum atomic E-state index is 12.8. The van der Waals surface area contributed by atoms with Crippen molar-refractivity contribution in [2.75, 3.05) is 0 Å². The molecule has 15 heteroatoms. The molecular weight excluding hydrogens is 564 g/mol. The number of carboxylic acids is 1.